The lowest BCUT2D eigenvalue weighted by Gasteiger charge is -2.46. The van der Waals surface area contributed by atoms with Gasteiger partial charge in [-0.15, -0.1) is 0 Å². The minimum atomic E-state index is -2.47. The molecule has 0 amide bonds. The standard InChI is InChI=1S/C32H40N2O12/c1-41-26(35)19-20(27(36)42-2)23(30(39)45-5)32(22(19)29(38)44-4)24(31(40)46-6)21(28(37)43-3)25(33-17-13-9-7-10-14-17)34(32)18-15-11-8-12-16-18/h17-18H,7-16H2,1-6H3. The molecule has 14 nitrogen and oxygen atoms in total. The Morgan fingerprint density at radius 3 is 1.26 bits per heavy atom. The average Bonchev–Trinajstić information content (AvgIpc) is 3.56. The van der Waals surface area contributed by atoms with Crippen molar-refractivity contribution < 1.29 is 57.2 Å². The lowest BCUT2D eigenvalue weighted by molar-refractivity contribution is -0.142. The van der Waals surface area contributed by atoms with Crippen LogP contribution in [0.2, 0.25) is 0 Å². The Morgan fingerprint density at radius 1 is 0.522 bits per heavy atom. The van der Waals surface area contributed by atoms with E-state index in [1.54, 1.807) is 0 Å². The van der Waals surface area contributed by atoms with Crippen LogP contribution in [0.3, 0.4) is 0 Å². The van der Waals surface area contributed by atoms with Gasteiger partial charge in [0.1, 0.15) is 16.9 Å². The maximum Gasteiger partial charge on any atom is 0.342 e. The average molecular weight is 645 g/mol. The maximum absolute atomic E-state index is 14.1. The molecule has 1 heterocycles. The van der Waals surface area contributed by atoms with E-state index < -0.39 is 75.3 Å². The van der Waals surface area contributed by atoms with Crippen molar-refractivity contribution in [3.63, 3.8) is 0 Å². The third-order valence-electron chi connectivity index (χ3n) is 9.06. The van der Waals surface area contributed by atoms with E-state index in [0.29, 0.717) is 25.7 Å². The van der Waals surface area contributed by atoms with Gasteiger partial charge in [0.25, 0.3) is 0 Å². The molecule has 1 aliphatic heterocycles. The molecule has 0 N–H and O–H groups in total. The van der Waals surface area contributed by atoms with Crippen LogP contribution < -0.4 is 0 Å². The van der Waals surface area contributed by atoms with Crippen molar-refractivity contribution in [2.45, 2.75) is 81.8 Å². The first-order valence-electron chi connectivity index (χ1n) is 15.2. The van der Waals surface area contributed by atoms with Crippen LogP contribution >= 0.6 is 0 Å². The summed E-state index contributed by atoms with van der Waals surface area (Å²) >= 11 is 0. The zero-order valence-corrected chi connectivity index (χ0v) is 27.0. The fraction of sp³-hybridized carbons (Fsp3) is 0.594. The van der Waals surface area contributed by atoms with Gasteiger partial charge in [0.2, 0.25) is 0 Å². The molecule has 0 bridgehead atoms. The Balaban J connectivity index is 2.35. The lowest BCUT2D eigenvalue weighted by atomic mass is 9.75. The zero-order chi connectivity index (χ0) is 33.8. The molecule has 0 aromatic carbocycles. The Kier molecular flexibility index (Phi) is 10.7. The third kappa shape index (κ3) is 5.47. The highest BCUT2D eigenvalue weighted by atomic mass is 16.5. The summed E-state index contributed by atoms with van der Waals surface area (Å²) in [5, 5.41) is 0. The highest BCUT2D eigenvalue weighted by Gasteiger charge is 2.70. The van der Waals surface area contributed by atoms with Gasteiger partial charge < -0.3 is 33.3 Å². The highest BCUT2D eigenvalue weighted by molar-refractivity contribution is 6.32. The van der Waals surface area contributed by atoms with E-state index in [9.17, 15) is 28.8 Å². The van der Waals surface area contributed by atoms with Crippen molar-refractivity contribution in [1.82, 2.24) is 4.90 Å². The molecule has 3 aliphatic carbocycles. The molecule has 14 heteroatoms. The summed E-state index contributed by atoms with van der Waals surface area (Å²) in [4.78, 5) is 89.9. The normalized spacial score (nSPS) is 21.1. The fourth-order valence-corrected chi connectivity index (χ4v) is 7.18. The van der Waals surface area contributed by atoms with Crippen molar-refractivity contribution >= 4 is 41.7 Å². The first-order chi connectivity index (χ1) is 22.1. The van der Waals surface area contributed by atoms with Crippen LogP contribution in [0.4, 0.5) is 0 Å². The summed E-state index contributed by atoms with van der Waals surface area (Å²) in [5.74, 6) is -6.96. The van der Waals surface area contributed by atoms with E-state index in [0.717, 1.165) is 81.2 Å². The summed E-state index contributed by atoms with van der Waals surface area (Å²) < 4.78 is 30.8. The summed E-state index contributed by atoms with van der Waals surface area (Å²) in [7, 11) is 6.27. The second kappa shape index (κ2) is 14.3. The zero-order valence-electron chi connectivity index (χ0n) is 27.0. The molecule has 4 aliphatic rings. The number of methoxy groups -OCH3 is 6. The van der Waals surface area contributed by atoms with Crippen LogP contribution in [-0.4, -0.2) is 107 Å². The second-order valence-electron chi connectivity index (χ2n) is 11.3. The number of esters is 6. The molecule has 2 saturated carbocycles. The number of carbonyl (C=O) groups excluding carboxylic acids is 6. The topological polar surface area (TPSA) is 173 Å². The number of hydrogen-bond acceptors (Lipinski definition) is 13. The van der Waals surface area contributed by atoms with Crippen LogP contribution in [0.5, 0.6) is 0 Å². The fourth-order valence-electron chi connectivity index (χ4n) is 7.18. The van der Waals surface area contributed by atoms with Gasteiger partial charge >= 0.3 is 35.8 Å². The molecule has 250 valence electrons. The summed E-state index contributed by atoms with van der Waals surface area (Å²) in [6, 6.07) is -0.852. The van der Waals surface area contributed by atoms with Crippen molar-refractivity contribution in [3.8, 4) is 0 Å². The van der Waals surface area contributed by atoms with Gasteiger partial charge in [-0.1, -0.05) is 38.5 Å². The minimum Gasteiger partial charge on any atom is -0.466 e. The van der Waals surface area contributed by atoms with Crippen molar-refractivity contribution in [1.29, 1.82) is 0 Å². The van der Waals surface area contributed by atoms with E-state index in [-0.39, 0.29) is 17.5 Å². The first kappa shape index (κ1) is 34.4. The molecule has 0 saturated heterocycles. The molecule has 1 spiro atoms. The predicted octanol–water partition coefficient (Wildman–Crippen LogP) is 2.05. The second-order valence-corrected chi connectivity index (χ2v) is 11.3. The largest absolute Gasteiger partial charge is 0.466 e. The smallest absolute Gasteiger partial charge is 0.342 e. The number of rotatable bonds is 8. The van der Waals surface area contributed by atoms with Crippen LogP contribution in [-0.2, 0) is 57.2 Å². The molecule has 0 aromatic rings. The Bertz CT molecular complexity index is 1390. The van der Waals surface area contributed by atoms with E-state index >= 15 is 0 Å². The van der Waals surface area contributed by atoms with Gasteiger partial charge in [0.05, 0.1) is 76.6 Å². The van der Waals surface area contributed by atoms with Gasteiger partial charge in [-0.3, -0.25) is 4.99 Å². The Morgan fingerprint density at radius 2 is 0.870 bits per heavy atom. The number of nitrogens with zero attached hydrogens (tertiary/aromatic N) is 2. The Labute approximate surface area is 266 Å². The molecule has 0 unspecified atom stereocenters. The van der Waals surface area contributed by atoms with Crippen LogP contribution in [0.15, 0.2) is 38.4 Å². The van der Waals surface area contributed by atoms with Crippen molar-refractivity contribution in [2.75, 3.05) is 42.7 Å². The van der Waals surface area contributed by atoms with Gasteiger partial charge in [-0.2, -0.15) is 0 Å². The number of carbonyl (C=O) groups is 6. The number of hydrogen-bond donors (Lipinski definition) is 0. The minimum absolute atomic E-state index is 0.0239. The van der Waals surface area contributed by atoms with E-state index in [1.807, 2.05) is 0 Å². The number of ether oxygens (including phenoxy) is 6. The highest BCUT2D eigenvalue weighted by Crippen LogP contribution is 2.57. The molecule has 0 aromatic heterocycles. The molecular formula is C32H40N2O12. The lowest BCUT2D eigenvalue weighted by Crippen LogP contribution is -2.59. The van der Waals surface area contributed by atoms with Crippen LogP contribution in [0.1, 0.15) is 64.2 Å². The molecule has 0 atom stereocenters. The predicted molar refractivity (Wildman–Crippen MR) is 159 cm³/mol. The SMILES string of the molecule is COC(=O)C1=C(C(=O)OC)C2(C(C(=O)OC)=C(C(=O)OC)C(C(=O)OC)=C2C(=O)OC)N(C2CCCCC2)C1=NC1CCCCC1. The van der Waals surface area contributed by atoms with Crippen molar-refractivity contribution in [3.05, 3.63) is 33.4 Å². The van der Waals surface area contributed by atoms with Gasteiger partial charge in [-0.25, -0.2) is 28.8 Å². The first-order valence-corrected chi connectivity index (χ1v) is 15.2. The number of amidine groups is 1. The summed E-state index contributed by atoms with van der Waals surface area (Å²) in [6.07, 6.45) is 7.39. The number of aliphatic imine (C=N–C) groups is 1. The molecule has 2 fully saturated rings. The third-order valence-corrected chi connectivity index (χ3v) is 9.06. The van der Waals surface area contributed by atoms with Crippen LogP contribution in [0.25, 0.3) is 0 Å². The quantitative estimate of drug-likeness (QED) is 0.278. The summed E-state index contributed by atoms with van der Waals surface area (Å²) in [5.41, 5.74) is -6.02. The van der Waals surface area contributed by atoms with E-state index in [2.05, 4.69) is 0 Å². The van der Waals surface area contributed by atoms with Gasteiger partial charge in [0.15, 0.2) is 0 Å². The van der Waals surface area contributed by atoms with Gasteiger partial charge in [-0.05, 0) is 25.7 Å². The summed E-state index contributed by atoms with van der Waals surface area (Å²) in [6.45, 7) is 0. The van der Waals surface area contributed by atoms with Crippen LogP contribution in [0, 0.1) is 0 Å². The molecule has 0 radical (unpaired) electrons. The maximum atomic E-state index is 14.1. The van der Waals surface area contributed by atoms with E-state index in [4.69, 9.17) is 33.4 Å². The molecular weight excluding hydrogens is 604 g/mol. The molecule has 4 rings (SSSR count). The van der Waals surface area contributed by atoms with Crippen molar-refractivity contribution in [2.24, 2.45) is 4.99 Å². The Hall–Kier alpha value is -4.49. The molecule has 46 heavy (non-hydrogen) atoms. The monoisotopic (exact) mass is 644 g/mol. The van der Waals surface area contributed by atoms with Gasteiger partial charge in [0, 0.05) is 6.04 Å². The van der Waals surface area contributed by atoms with E-state index in [1.165, 1.54) is 4.90 Å².